The van der Waals surface area contributed by atoms with E-state index in [-0.39, 0.29) is 17.1 Å². The van der Waals surface area contributed by atoms with Crippen molar-refractivity contribution in [3.63, 3.8) is 0 Å². The summed E-state index contributed by atoms with van der Waals surface area (Å²) in [7, 11) is -2.87. The summed E-state index contributed by atoms with van der Waals surface area (Å²) in [5.74, 6) is 1.20. The maximum atomic E-state index is 11.4. The van der Waals surface area contributed by atoms with Crippen LogP contribution in [-0.2, 0) is 14.6 Å². The van der Waals surface area contributed by atoms with Crippen LogP contribution in [0.1, 0.15) is 46.0 Å². The van der Waals surface area contributed by atoms with E-state index in [9.17, 15) is 8.42 Å². The lowest BCUT2D eigenvalue weighted by Crippen LogP contribution is -2.44. The normalized spacial score (nSPS) is 29.4. The van der Waals surface area contributed by atoms with Gasteiger partial charge in [0.05, 0.1) is 11.4 Å². The van der Waals surface area contributed by atoms with Gasteiger partial charge in [0.15, 0.2) is 0 Å². The predicted octanol–water partition coefficient (Wildman–Crippen LogP) is 1.74. The van der Waals surface area contributed by atoms with Crippen LogP contribution in [0.4, 0.5) is 0 Å². The van der Waals surface area contributed by atoms with E-state index in [0.717, 1.165) is 31.6 Å². The van der Waals surface area contributed by atoms with Gasteiger partial charge in [0.1, 0.15) is 9.84 Å². The third kappa shape index (κ3) is 4.86. The molecule has 0 spiro atoms. The summed E-state index contributed by atoms with van der Waals surface area (Å²) in [6.07, 6.45) is 4.90. The molecule has 0 amide bonds. The lowest BCUT2D eigenvalue weighted by atomic mass is 9.79. The molecule has 0 atom stereocenters. The minimum Gasteiger partial charge on any atom is -0.374 e. The molecule has 0 aliphatic heterocycles. The highest BCUT2D eigenvalue weighted by Crippen LogP contribution is 2.34. The van der Waals surface area contributed by atoms with Gasteiger partial charge in [-0.15, -0.1) is 0 Å². The van der Waals surface area contributed by atoms with Crippen LogP contribution in [0.2, 0.25) is 0 Å². The summed E-state index contributed by atoms with van der Waals surface area (Å²) in [4.78, 5) is 0. The van der Waals surface area contributed by atoms with Crippen molar-refractivity contribution in [1.29, 1.82) is 0 Å². The van der Waals surface area contributed by atoms with E-state index in [1.165, 1.54) is 0 Å². The summed E-state index contributed by atoms with van der Waals surface area (Å²) >= 11 is 0. The van der Waals surface area contributed by atoms with Gasteiger partial charge in [0, 0.05) is 18.9 Å². The largest absolute Gasteiger partial charge is 0.374 e. The molecule has 0 aromatic heterocycles. The molecule has 1 saturated carbocycles. The molecule has 5 heteroatoms. The zero-order valence-corrected chi connectivity index (χ0v) is 12.5. The predicted molar refractivity (Wildman–Crippen MR) is 74.3 cm³/mol. The molecule has 0 saturated heterocycles. The fourth-order valence-corrected chi connectivity index (χ4v) is 3.25. The van der Waals surface area contributed by atoms with Crippen LogP contribution >= 0.6 is 0 Å². The van der Waals surface area contributed by atoms with E-state index in [1.807, 2.05) is 0 Å². The monoisotopic (exact) mass is 277 g/mol. The van der Waals surface area contributed by atoms with Crippen LogP contribution in [0.15, 0.2) is 0 Å². The van der Waals surface area contributed by atoms with Crippen LogP contribution < -0.4 is 5.73 Å². The molecule has 0 aromatic rings. The van der Waals surface area contributed by atoms with Crippen LogP contribution in [0.3, 0.4) is 0 Å². The van der Waals surface area contributed by atoms with Crippen LogP contribution in [0, 0.1) is 5.92 Å². The molecule has 0 unspecified atom stereocenters. The van der Waals surface area contributed by atoms with Crippen molar-refractivity contribution in [3.8, 4) is 0 Å². The molecular formula is C13H27NO3S. The van der Waals surface area contributed by atoms with Crippen molar-refractivity contribution >= 4 is 9.84 Å². The van der Waals surface area contributed by atoms with Crippen molar-refractivity contribution in [1.82, 2.24) is 0 Å². The highest BCUT2D eigenvalue weighted by molar-refractivity contribution is 7.91. The lowest BCUT2D eigenvalue weighted by molar-refractivity contribution is -0.0695. The maximum Gasteiger partial charge on any atom is 0.150 e. The molecule has 0 bridgehead atoms. The first-order chi connectivity index (χ1) is 8.43. The van der Waals surface area contributed by atoms with Crippen LogP contribution in [0.25, 0.3) is 0 Å². The molecule has 0 radical (unpaired) electrons. The summed E-state index contributed by atoms with van der Waals surface area (Å²) in [5, 5.41) is 0. The molecule has 1 aliphatic carbocycles. The van der Waals surface area contributed by atoms with Gasteiger partial charge in [-0.05, 0) is 38.0 Å². The standard InChI is InChI=1S/C13H27NO3S/c1-3-18(15,16)10-4-9-17-13(11-14)7-5-12(2)6-8-13/h12H,3-11,14H2,1-2H3. The molecule has 1 fully saturated rings. The molecule has 0 aromatic carbocycles. The van der Waals surface area contributed by atoms with Gasteiger partial charge in [-0.3, -0.25) is 0 Å². The Morgan fingerprint density at radius 2 is 1.94 bits per heavy atom. The SMILES string of the molecule is CCS(=O)(=O)CCCOC1(CN)CCC(C)CC1. The third-order valence-corrected chi connectivity index (χ3v) is 5.80. The second kappa shape index (κ2) is 6.87. The molecule has 108 valence electrons. The van der Waals surface area contributed by atoms with E-state index < -0.39 is 9.84 Å². The van der Waals surface area contributed by atoms with Gasteiger partial charge >= 0.3 is 0 Å². The molecular weight excluding hydrogens is 250 g/mol. The Morgan fingerprint density at radius 1 is 1.33 bits per heavy atom. The Morgan fingerprint density at radius 3 is 2.44 bits per heavy atom. The van der Waals surface area contributed by atoms with Gasteiger partial charge in [-0.2, -0.15) is 0 Å². The summed E-state index contributed by atoms with van der Waals surface area (Å²) in [5.41, 5.74) is 5.64. The zero-order chi connectivity index (χ0) is 13.6. The quantitative estimate of drug-likeness (QED) is 0.720. The van der Waals surface area contributed by atoms with E-state index in [2.05, 4.69) is 6.92 Å². The topological polar surface area (TPSA) is 69.4 Å². The Kier molecular flexibility index (Phi) is 6.08. The summed E-state index contributed by atoms with van der Waals surface area (Å²) < 4.78 is 28.6. The van der Waals surface area contributed by atoms with Crippen LogP contribution in [-0.4, -0.2) is 38.7 Å². The molecule has 18 heavy (non-hydrogen) atoms. The van der Waals surface area contributed by atoms with E-state index in [1.54, 1.807) is 6.92 Å². The van der Waals surface area contributed by atoms with Crippen LogP contribution in [0.5, 0.6) is 0 Å². The van der Waals surface area contributed by atoms with Crippen molar-refractivity contribution in [3.05, 3.63) is 0 Å². The molecule has 0 heterocycles. The van der Waals surface area contributed by atoms with Crippen molar-refractivity contribution < 1.29 is 13.2 Å². The van der Waals surface area contributed by atoms with Gasteiger partial charge in [-0.1, -0.05) is 13.8 Å². The van der Waals surface area contributed by atoms with Gasteiger partial charge < -0.3 is 10.5 Å². The number of rotatable bonds is 7. The van der Waals surface area contributed by atoms with Crippen molar-refractivity contribution in [2.24, 2.45) is 11.7 Å². The minimum atomic E-state index is -2.87. The second-order valence-corrected chi connectivity index (χ2v) is 7.98. The third-order valence-electron chi connectivity index (χ3n) is 4.01. The average molecular weight is 277 g/mol. The fraction of sp³-hybridized carbons (Fsp3) is 1.00. The smallest absolute Gasteiger partial charge is 0.150 e. The minimum absolute atomic E-state index is 0.192. The summed E-state index contributed by atoms with van der Waals surface area (Å²) in [6.45, 7) is 4.99. The number of sulfone groups is 1. The molecule has 2 N–H and O–H groups in total. The van der Waals surface area contributed by atoms with E-state index >= 15 is 0 Å². The maximum absolute atomic E-state index is 11.4. The Bertz CT molecular complexity index is 332. The number of nitrogens with two attached hydrogens (primary N) is 1. The first kappa shape index (κ1) is 15.9. The number of hydrogen-bond acceptors (Lipinski definition) is 4. The van der Waals surface area contributed by atoms with E-state index in [4.69, 9.17) is 10.5 Å². The molecule has 1 rings (SSSR count). The van der Waals surface area contributed by atoms with Crippen molar-refractivity contribution in [2.45, 2.75) is 51.6 Å². The van der Waals surface area contributed by atoms with Crippen molar-refractivity contribution in [2.75, 3.05) is 24.7 Å². The van der Waals surface area contributed by atoms with Gasteiger partial charge in [0.25, 0.3) is 0 Å². The Hall–Kier alpha value is -0.130. The highest BCUT2D eigenvalue weighted by Gasteiger charge is 2.33. The lowest BCUT2D eigenvalue weighted by Gasteiger charge is -2.38. The number of hydrogen-bond donors (Lipinski definition) is 1. The average Bonchev–Trinajstić information content (AvgIpc) is 2.37. The Labute approximate surface area is 111 Å². The first-order valence-electron chi connectivity index (χ1n) is 6.97. The highest BCUT2D eigenvalue weighted by atomic mass is 32.2. The Balaban J connectivity index is 2.32. The van der Waals surface area contributed by atoms with Gasteiger partial charge in [0.2, 0.25) is 0 Å². The molecule has 4 nitrogen and oxygen atoms in total. The molecule has 1 aliphatic rings. The van der Waals surface area contributed by atoms with E-state index in [0.29, 0.717) is 19.6 Å². The second-order valence-electron chi connectivity index (χ2n) is 5.51. The zero-order valence-electron chi connectivity index (χ0n) is 11.7. The summed E-state index contributed by atoms with van der Waals surface area (Å²) in [6, 6.07) is 0. The number of ether oxygens (including phenoxy) is 1. The first-order valence-corrected chi connectivity index (χ1v) is 8.79. The van der Waals surface area contributed by atoms with Gasteiger partial charge in [-0.25, -0.2) is 8.42 Å². The fourth-order valence-electron chi connectivity index (χ4n) is 2.41.